The number of aryl methyl sites for hydroxylation is 1. The van der Waals surface area contributed by atoms with Crippen molar-refractivity contribution in [3.05, 3.63) is 36.0 Å². The van der Waals surface area contributed by atoms with Gasteiger partial charge in [-0.05, 0) is 66.9 Å². The van der Waals surface area contributed by atoms with Crippen LogP contribution in [0.3, 0.4) is 0 Å². The Morgan fingerprint density at radius 1 is 1.24 bits per heavy atom. The molecule has 0 radical (unpaired) electrons. The average molecular weight is 283 g/mol. The zero-order valence-corrected chi connectivity index (χ0v) is 12.9. The second-order valence-corrected chi connectivity index (χ2v) is 7.06. The molecule has 0 bridgehead atoms. The molecule has 112 valence electrons. The third kappa shape index (κ3) is 2.49. The van der Waals surface area contributed by atoms with Crippen LogP contribution in [-0.4, -0.2) is 35.6 Å². The molecule has 0 aliphatic carbocycles. The van der Waals surface area contributed by atoms with Crippen LogP contribution in [0, 0.1) is 5.41 Å². The van der Waals surface area contributed by atoms with Gasteiger partial charge in [-0.1, -0.05) is 6.07 Å². The maximum Gasteiger partial charge on any atom is 0.0477 e. The summed E-state index contributed by atoms with van der Waals surface area (Å²) in [6, 6.07) is 9.15. The number of aromatic nitrogens is 1. The minimum atomic E-state index is 0.565. The lowest BCUT2D eigenvalue weighted by Gasteiger charge is -2.40. The molecule has 21 heavy (non-hydrogen) atoms. The van der Waals surface area contributed by atoms with Crippen molar-refractivity contribution in [2.24, 2.45) is 12.5 Å². The van der Waals surface area contributed by atoms with Crippen molar-refractivity contribution in [1.29, 1.82) is 0 Å². The minimum Gasteiger partial charge on any atom is -0.351 e. The molecule has 1 N–H and O–H groups in total. The molecule has 1 atom stereocenters. The predicted octanol–water partition coefficient (Wildman–Crippen LogP) is 2.75. The standard InChI is InChI=1S/C18H25N3/c1-20-10-5-16-11-15(3-4-17(16)20)12-21-9-2-6-18(14-21)7-8-19-13-18/h3-5,10-11,19H,2,6-9,12-14H2,1H3/t18-/m0/s1. The van der Waals surface area contributed by atoms with E-state index in [1.807, 2.05) is 0 Å². The minimum absolute atomic E-state index is 0.565. The molecule has 1 aromatic carbocycles. The first kappa shape index (κ1) is 13.4. The lowest BCUT2D eigenvalue weighted by atomic mass is 9.79. The Balaban J connectivity index is 1.51. The van der Waals surface area contributed by atoms with Gasteiger partial charge in [-0.15, -0.1) is 0 Å². The van der Waals surface area contributed by atoms with Crippen LogP contribution < -0.4 is 5.32 Å². The number of benzene rings is 1. The average Bonchev–Trinajstić information content (AvgIpc) is 3.07. The van der Waals surface area contributed by atoms with Crippen LogP contribution in [0.25, 0.3) is 10.9 Å². The van der Waals surface area contributed by atoms with Gasteiger partial charge in [-0.3, -0.25) is 4.90 Å². The van der Waals surface area contributed by atoms with Crippen LogP contribution in [0.15, 0.2) is 30.5 Å². The van der Waals surface area contributed by atoms with Crippen molar-refractivity contribution in [3.8, 4) is 0 Å². The Hall–Kier alpha value is -1.32. The van der Waals surface area contributed by atoms with E-state index in [9.17, 15) is 0 Å². The molecule has 4 rings (SSSR count). The molecule has 1 spiro atoms. The molecule has 1 aromatic heterocycles. The Labute approximate surface area is 126 Å². The molecule has 2 aliphatic rings. The fourth-order valence-corrected chi connectivity index (χ4v) is 4.28. The first-order valence-electron chi connectivity index (χ1n) is 8.21. The van der Waals surface area contributed by atoms with E-state index in [1.54, 1.807) is 0 Å². The second kappa shape index (κ2) is 5.15. The molecule has 3 heterocycles. The molecule has 2 aromatic rings. The van der Waals surface area contributed by atoms with Crippen molar-refractivity contribution < 1.29 is 0 Å². The van der Waals surface area contributed by atoms with Crippen molar-refractivity contribution in [3.63, 3.8) is 0 Å². The second-order valence-electron chi connectivity index (χ2n) is 7.06. The van der Waals surface area contributed by atoms with Gasteiger partial charge in [0, 0.05) is 38.4 Å². The van der Waals surface area contributed by atoms with Crippen LogP contribution in [-0.2, 0) is 13.6 Å². The van der Waals surface area contributed by atoms with Crippen LogP contribution >= 0.6 is 0 Å². The van der Waals surface area contributed by atoms with Crippen LogP contribution in [0.1, 0.15) is 24.8 Å². The third-order valence-corrected chi connectivity index (χ3v) is 5.43. The maximum absolute atomic E-state index is 3.56. The largest absolute Gasteiger partial charge is 0.351 e. The molecule has 2 saturated heterocycles. The number of rotatable bonds is 2. The number of fused-ring (bicyclic) bond motifs is 1. The molecule has 3 heteroatoms. The van der Waals surface area contributed by atoms with Gasteiger partial charge < -0.3 is 9.88 Å². The summed E-state index contributed by atoms with van der Waals surface area (Å²) < 4.78 is 2.19. The van der Waals surface area contributed by atoms with Crippen LogP contribution in [0.5, 0.6) is 0 Å². The van der Waals surface area contributed by atoms with E-state index in [0.29, 0.717) is 5.41 Å². The van der Waals surface area contributed by atoms with E-state index in [1.165, 1.54) is 61.9 Å². The molecule has 0 saturated carbocycles. The topological polar surface area (TPSA) is 20.2 Å². The van der Waals surface area contributed by atoms with Gasteiger partial charge in [-0.2, -0.15) is 0 Å². The van der Waals surface area contributed by atoms with Gasteiger partial charge in [0.05, 0.1) is 0 Å². The van der Waals surface area contributed by atoms with E-state index >= 15 is 0 Å². The third-order valence-electron chi connectivity index (χ3n) is 5.43. The van der Waals surface area contributed by atoms with Gasteiger partial charge in [0.1, 0.15) is 0 Å². The molecular weight excluding hydrogens is 258 g/mol. The number of nitrogens with zero attached hydrogens (tertiary/aromatic N) is 2. The lowest BCUT2D eigenvalue weighted by molar-refractivity contribution is 0.0978. The Morgan fingerprint density at radius 2 is 2.19 bits per heavy atom. The van der Waals surface area contributed by atoms with E-state index < -0.39 is 0 Å². The first-order chi connectivity index (χ1) is 10.2. The van der Waals surface area contributed by atoms with E-state index in [2.05, 4.69) is 52.3 Å². The zero-order valence-electron chi connectivity index (χ0n) is 12.9. The van der Waals surface area contributed by atoms with Gasteiger partial charge >= 0.3 is 0 Å². The number of hydrogen-bond donors (Lipinski definition) is 1. The summed E-state index contributed by atoms with van der Waals surface area (Å²) in [6.45, 7) is 6.07. The smallest absolute Gasteiger partial charge is 0.0477 e. The molecule has 3 nitrogen and oxygen atoms in total. The highest BCUT2D eigenvalue weighted by atomic mass is 15.1. The summed E-state index contributed by atoms with van der Waals surface area (Å²) in [4.78, 5) is 2.67. The summed E-state index contributed by atoms with van der Waals surface area (Å²) in [6.07, 6.45) is 6.28. The molecule has 0 unspecified atom stereocenters. The lowest BCUT2D eigenvalue weighted by Crippen LogP contribution is -2.43. The number of nitrogens with one attached hydrogen (secondary N) is 1. The van der Waals surface area contributed by atoms with Crippen molar-refractivity contribution in [2.75, 3.05) is 26.2 Å². The summed E-state index contributed by atoms with van der Waals surface area (Å²) in [5.41, 5.74) is 3.35. The highest BCUT2D eigenvalue weighted by molar-refractivity contribution is 5.80. The summed E-state index contributed by atoms with van der Waals surface area (Å²) in [7, 11) is 2.11. The molecule has 2 aliphatic heterocycles. The zero-order chi connectivity index (χ0) is 14.3. The van der Waals surface area contributed by atoms with Crippen molar-refractivity contribution in [2.45, 2.75) is 25.8 Å². The molecular formula is C18H25N3. The number of likely N-dealkylation sites (tertiary alicyclic amines) is 1. The van der Waals surface area contributed by atoms with Gasteiger partial charge in [-0.25, -0.2) is 0 Å². The number of piperidine rings is 1. The Kier molecular flexibility index (Phi) is 3.27. The van der Waals surface area contributed by atoms with Crippen LogP contribution in [0.4, 0.5) is 0 Å². The van der Waals surface area contributed by atoms with E-state index in [4.69, 9.17) is 0 Å². The van der Waals surface area contributed by atoms with Gasteiger partial charge in [0.25, 0.3) is 0 Å². The molecule has 0 amide bonds. The fraction of sp³-hybridized carbons (Fsp3) is 0.556. The fourth-order valence-electron chi connectivity index (χ4n) is 4.28. The SMILES string of the molecule is Cn1ccc2cc(CN3CCC[C@@]4(CCNC4)C3)ccc21. The van der Waals surface area contributed by atoms with Crippen LogP contribution in [0.2, 0.25) is 0 Å². The summed E-state index contributed by atoms with van der Waals surface area (Å²) in [5, 5.41) is 4.93. The summed E-state index contributed by atoms with van der Waals surface area (Å²) >= 11 is 0. The Morgan fingerprint density at radius 3 is 3.05 bits per heavy atom. The monoisotopic (exact) mass is 283 g/mol. The highest BCUT2D eigenvalue weighted by Crippen LogP contribution is 2.36. The quantitative estimate of drug-likeness (QED) is 0.914. The Bertz CT molecular complexity index is 637. The van der Waals surface area contributed by atoms with Crippen molar-refractivity contribution >= 4 is 10.9 Å². The highest BCUT2D eigenvalue weighted by Gasteiger charge is 2.37. The normalized spacial score (nSPS) is 26.9. The maximum atomic E-state index is 3.56. The molecule has 2 fully saturated rings. The van der Waals surface area contributed by atoms with E-state index in [0.717, 1.165) is 6.54 Å². The van der Waals surface area contributed by atoms with Gasteiger partial charge in [0.15, 0.2) is 0 Å². The van der Waals surface area contributed by atoms with E-state index in [-0.39, 0.29) is 0 Å². The summed E-state index contributed by atoms with van der Waals surface area (Å²) in [5.74, 6) is 0. The van der Waals surface area contributed by atoms with Crippen molar-refractivity contribution in [1.82, 2.24) is 14.8 Å². The predicted molar refractivity (Wildman–Crippen MR) is 87.3 cm³/mol. The first-order valence-corrected chi connectivity index (χ1v) is 8.21. The van der Waals surface area contributed by atoms with Gasteiger partial charge in [0.2, 0.25) is 0 Å². The number of hydrogen-bond acceptors (Lipinski definition) is 2.